The molecule has 3 rings (SSSR count). The monoisotopic (exact) mass is 326 g/mol. The second-order valence-electron chi connectivity index (χ2n) is 5.81. The lowest BCUT2D eigenvalue weighted by Gasteiger charge is -2.03. The molecular weight excluding hydrogens is 304 g/mol. The summed E-state index contributed by atoms with van der Waals surface area (Å²) in [6, 6.07) is 3.57. The van der Waals surface area contributed by atoms with Crippen molar-refractivity contribution >= 4 is 17.7 Å². The number of aryl methyl sites for hydroxylation is 1. The van der Waals surface area contributed by atoms with Crippen LogP contribution in [0.4, 0.5) is 0 Å². The average Bonchev–Trinajstić information content (AvgIpc) is 3.25. The van der Waals surface area contributed by atoms with Crippen LogP contribution in [0, 0.1) is 13.8 Å². The summed E-state index contributed by atoms with van der Waals surface area (Å²) in [5.41, 5.74) is 8.07. The van der Waals surface area contributed by atoms with Gasteiger partial charge in [-0.3, -0.25) is 4.79 Å². The molecule has 0 saturated heterocycles. The third kappa shape index (κ3) is 3.05. The van der Waals surface area contributed by atoms with Gasteiger partial charge < -0.3 is 14.7 Å². The van der Waals surface area contributed by atoms with Crippen LogP contribution in [0.25, 0.3) is 6.08 Å². The third-order valence-corrected chi connectivity index (χ3v) is 4.25. The van der Waals surface area contributed by atoms with Crippen LogP contribution >= 0.6 is 0 Å². The lowest BCUT2D eigenvalue weighted by atomic mass is 10.0. The number of H-pyrrole nitrogens is 1. The zero-order valence-corrected chi connectivity index (χ0v) is 14.2. The van der Waals surface area contributed by atoms with Gasteiger partial charge in [0, 0.05) is 11.4 Å². The van der Waals surface area contributed by atoms with Gasteiger partial charge in [0.25, 0.3) is 5.91 Å². The molecule has 2 aromatic heterocycles. The van der Waals surface area contributed by atoms with Gasteiger partial charge in [0.2, 0.25) is 0 Å². The molecule has 0 bridgehead atoms. The molecule has 1 amide bonds. The standard InChI is InChI=1S/C18H22N4O2/c1-4-19-8-7-13-11(2)15(20-12(13)3)10-14-17(21-22-18(14)23)16-6-5-9-24-16/h5-6,9-10,19-20H,4,7-8H2,1-3H3,(H,22,23)/b14-10+. The second-order valence-corrected chi connectivity index (χ2v) is 5.81. The predicted octanol–water partition coefficient (Wildman–Crippen LogP) is 2.29. The molecule has 126 valence electrons. The smallest absolute Gasteiger partial charge is 0.273 e. The summed E-state index contributed by atoms with van der Waals surface area (Å²) in [7, 11) is 0. The van der Waals surface area contributed by atoms with Gasteiger partial charge in [-0.2, -0.15) is 5.10 Å². The summed E-state index contributed by atoms with van der Waals surface area (Å²) in [6.07, 6.45) is 4.38. The maximum Gasteiger partial charge on any atom is 0.273 e. The molecule has 3 N–H and O–H groups in total. The highest BCUT2D eigenvalue weighted by atomic mass is 16.3. The summed E-state index contributed by atoms with van der Waals surface area (Å²) in [5, 5.41) is 7.43. The van der Waals surface area contributed by atoms with E-state index in [4.69, 9.17) is 4.42 Å². The Labute approximate surface area is 141 Å². The normalized spacial score (nSPS) is 15.9. The number of hydrazone groups is 1. The van der Waals surface area contributed by atoms with Crippen LogP contribution in [0.3, 0.4) is 0 Å². The first-order valence-electron chi connectivity index (χ1n) is 8.14. The Morgan fingerprint density at radius 3 is 2.92 bits per heavy atom. The van der Waals surface area contributed by atoms with Crippen molar-refractivity contribution in [1.82, 2.24) is 15.7 Å². The quantitative estimate of drug-likeness (QED) is 0.563. The van der Waals surface area contributed by atoms with Gasteiger partial charge in [-0.05, 0) is 62.7 Å². The largest absolute Gasteiger partial charge is 0.463 e. The maximum absolute atomic E-state index is 12.1. The molecule has 1 aliphatic rings. The minimum atomic E-state index is -0.220. The molecule has 0 fully saturated rings. The average molecular weight is 326 g/mol. The van der Waals surface area contributed by atoms with Crippen molar-refractivity contribution in [2.24, 2.45) is 5.10 Å². The summed E-state index contributed by atoms with van der Waals surface area (Å²) < 4.78 is 5.38. The van der Waals surface area contributed by atoms with E-state index in [0.29, 0.717) is 17.0 Å². The first-order chi connectivity index (χ1) is 11.6. The van der Waals surface area contributed by atoms with Crippen molar-refractivity contribution in [1.29, 1.82) is 0 Å². The summed E-state index contributed by atoms with van der Waals surface area (Å²) >= 11 is 0. The van der Waals surface area contributed by atoms with Crippen molar-refractivity contribution < 1.29 is 9.21 Å². The Morgan fingerprint density at radius 1 is 1.38 bits per heavy atom. The van der Waals surface area contributed by atoms with E-state index >= 15 is 0 Å². The number of nitrogens with one attached hydrogen (secondary N) is 3. The van der Waals surface area contributed by atoms with Crippen molar-refractivity contribution in [3.63, 3.8) is 0 Å². The fourth-order valence-corrected chi connectivity index (χ4v) is 2.94. The van der Waals surface area contributed by atoms with Gasteiger partial charge >= 0.3 is 0 Å². The van der Waals surface area contributed by atoms with Gasteiger partial charge in [-0.15, -0.1) is 0 Å². The fraction of sp³-hybridized carbons (Fsp3) is 0.333. The first-order valence-corrected chi connectivity index (χ1v) is 8.14. The topological polar surface area (TPSA) is 82.4 Å². The highest BCUT2D eigenvalue weighted by molar-refractivity contribution is 6.32. The van der Waals surface area contributed by atoms with Gasteiger partial charge in [0.15, 0.2) is 5.76 Å². The maximum atomic E-state index is 12.1. The van der Waals surface area contributed by atoms with Crippen LogP contribution in [0.15, 0.2) is 33.5 Å². The first kappa shape index (κ1) is 16.3. The number of aromatic nitrogens is 1. The summed E-state index contributed by atoms with van der Waals surface area (Å²) in [5.74, 6) is 0.357. The minimum absolute atomic E-state index is 0.220. The molecule has 6 heteroatoms. The van der Waals surface area contributed by atoms with Gasteiger partial charge in [0.1, 0.15) is 5.71 Å². The number of likely N-dealkylation sites (N-methyl/N-ethyl adjacent to an activating group) is 1. The van der Waals surface area contributed by atoms with E-state index in [1.54, 1.807) is 18.4 Å². The number of carbonyl (C=O) groups is 1. The number of furan rings is 1. The minimum Gasteiger partial charge on any atom is -0.463 e. The SMILES string of the molecule is CCNCCc1c(C)[nH]c(/C=C2/C(=O)NN=C2c2ccco2)c1C. The van der Waals surface area contributed by atoms with Crippen molar-refractivity contribution in [2.75, 3.05) is 13.1 Å². The lowest BCUT2D eigenvalue weighted by molar-refractivity contribution is -0.116. The summed E-state index contributed by atoms with van der Waals surface area (Å²) in [4.78, 5) is 15.5. The Kier molecular flexibility index (Phi) is 4.66. The van der Waals surface area contributed by atoms with E-state index in [1.165, 1.54) is 5.56 Å². The van der Waals surface area contributed by atoms with E-state index in [9.17, 15) is 4.79 Å². The predicted molar refractivity (Wildman–Crippen MR) is 93.9 cm³/mol. The van der Waals surface area contributed by atoms with Crippen LogP contribution in [-0.4, -0.2) is 29.7 Å². The van der Waals surface area contributed by atoms with E-state index in [-0.39, 0.29) is 5.91 Å². The van der Waals surface area contributed by atoms with Gasteiger partial charge in [0.05, 0.1) is 11.8 Å². The number of aromatic amines is 1. The number of hydrogen-bond donors (Lipinski definition) is 3. The van der Waals surface area contributed by atoms with Crippen LogP contribution in [0.1, 0.15) is 35.2 Å². The number of hydrogen-bond acceptors (Lipinski definition) is 4. The Hall–Kier alpha value is -2.60. The number of amides is 1. The molecule has 2 aromatic rings. The zero-order chi connectivity index (χ0) is 17.1. The molecule has 6 nitrogen and oxygen atoms in total. The number of rotatable bonds is 6. The molecule has 0 aliphatic carbocycles. The Morgan fingerprint density at radius 2 is 2.21 bits per heavy atom. The fourth-order valence-electron chi connectivity index (χ4n) is 2.94. The molecule has 0 unspecified atom stereocenters. The Balaban J connectivity index is 1.91. The molecule has 0 aromatic carbocycles. The molecular formula is C18H22N4O2. The van der Waals surface area contributed by atoms with Crippen LogP contribution in [0.5, 0.6) is 0 Å². The molecule has 1 aliphatic heterocycles. The molecule has 24 heavy (non-hydrogen) atoms. The molecule has 0 saturated carbocycles. The van der Waals surface area contributed by atoms with Crippen molar-refractivity contribution in [3.05, 3.63) is 52.2 Å². The van der Waals surface area contributed by atoms with Gasteiger partial charge in [-0.25, -0.2) is 5.43 Å². The van der Waals surface area contributed by atoms with Crippen molar-refractivity contribution in [2.45, 2.75) is 27.2 Å². The molecule has 0 atom stereocenters. The van der Waals surface area contributed by atoms with E-state index < -0.39 is 0 Å². The highest BCUT2D eigenvalue weighted by Crippen LogP contribution is 2.23. The van der Waals surface area contributed by atoms with Gasteiger partial charge in [-0.1, -0.05) is 6.92 Å². The van der Waals surface area contributed by atoms with Crippen LogP contribution in [0.2, 0.25) is 0 Å². The van der Waals surface area contributed by atoms with E-state index in [0.717, 1.165) is 36.5 Å². The molecule has 0 spiro atoms. The van der Waals surface area contributed by atoms with Crippen LogP contribution in [-0.2, 0) is 11.2 Å². The van der Waals surface area contributed by atoms with E-state index in [1.807, 2.05) is 6.08 Å². The number of nitrogens with zero attached hydrogens (tertiary/aromatic N) is 1. The zero-order valence-electron chi connectivity index (χ0n) is 14.2. The summed E-state index contributed by atoms with van der Waals surface area (Å²) in [6.45, 7) is 8.13. The molecule has 0 radical (unpaired) electrons. The van der Waals surface area contributed by atoms with E-state index in [2.05, 4.69) is 41.6 Å². The van der Waals surface area contributed by atoms with Crippen molar-refractivity contribution in [3.8, 4) is 0 Å². The number of carbonyl (C=O) groups excluding carboxylic acids is 1. The molecule has 3 heterocycles. The third-order valence-electron chi connectivity index (χ3n) is 4.25. The van der Waals surface area contributed by atoms with Crippen LogP contribution < -0.4 is 10.7 Å². The second kappa shape index (κ2) is 6.88. The highest BCUT2D eigenvalue weighted by Gasteiger charge is 2.26. The Bertz CT molecular complexity index is 797. The lowest BCUT2D eigenvalue weighted by Crippen LogP contribution is -2.16.